The number of carbonyl (C=O) groups is 1. The maximum Gasteiger partial charge on any atom is 0.196 e. The molecular formula is C24H25Cl2N3O2S. The number of thiophene rings is 1. The third-order valence-corrected chi connectivity index (χ3v) is 7.37. The second-order valence-electron chi connectivity index (χ2n) is 7.85. The first-order valence-electron chi connectivity index (χ1n) is 10.5. The van der Waals surface area contributed by atoms with Crippen LogP contribution in [0, 0.1) is 0 Å². The Kier molecular flexibility index (Phi) is 7.26. The minimum Gasteiger partial charge on any atom is -0.494 e. The molecule has 0 radical (unpaired) electrons. The second-order valence-corrected chi connectivity index (χ2v) is 9.80. The van der Waals surface area contributed by atoms with Gasteiger partial charge in [0.05, 0.1) is 27.2 Å². The Labute approximate surface area is 201 Å². The number of halogens is 2. The van der Waals surface area contributed by atoms with Crippen LogP contribution in [0.2, 0.25) is 10.0 Å². The molecule has 1 aliphatic heterocycles. The van der Waals surface area contributed by atoms with Crippen LogP contribution in [0.15, 0.2) is 42.5 Å². The van der Waals surface area contributed by atoms with Gasteiger partial charge in [-0.1, -0.05) is 23.2 Å². The molecule has 0 aliphatic carbocycles. The van der Waals surface area contributed by atoms with E-state index in [2.05, 4.69) is 4.90 Å². The number of hydrogen-bond acceptors (Lipinski definition) is 6. The molecule has 4 rings (SSSR count). The summed E-state index contributed by atoms with van der Waals surface area (Å²) in [5.41, 5.74) is 14.9. The van der Waals surface area contributed by atoms with Crippen LogP contribution in [0.3, 0.4) is 0 Å². The van der Waals surface area contributed by atoms with Gasteiger partial charge in [-0.25, -0.2) is 0 Å². The van der Waals surface area contributed by atoms with Crippen LogP contribution in [0.25, 0.3) is 0 Å². The summed E-state index contributed by atoms with van der Waals surface area (Å²) >= 11 is 13.6. The van der Waals surface area contributed by atoms with Crippen molar-refractivity contribution in [3.8, 4) is 5.75 Å². The molecule has 0 unspecified atom stereocenters. The summed E-state index contributed by atoms with van der Waals surface area (Å²) in [6.07, 6.45) is 2.83. The van der Waals surface area contributed by atoms with Crippen molar-refractivity contribution >= 4 is 51.0 Å². The van der Waals surface area contributed by atoms with E-state index >= 15 is 0 Å². The number of nitrogens with zero attached hydrogens (tertiary/aromatic N) is 1. The zero-order chi connectivity index (χ0) is 22.7. The number of rotatable bonds is 8. The maximum atomic E-state index is 13.1. The lowest BCUT2D eigenvalue weighted by Gasteiger charge is -2.27. The molecule has 0 saturated heterocycles. The van der Waals surface area contributed by atoms with Gasteiger partial charge < -0.3 is 16.2 Å². The van der Waals surface area contributed by atoms with Crippen molar-refractivity contribution in [2.45, 2.75) is 25.8 Å². The Balaban J connectivity index is 1.32. The van der Waals surface area contributed by atoms with E-state index in [0.717, 1.165) is 55.9 Å². The molecule has 0 saturated carbocycles. The fourth-order valence-corrected chi connectivity index (χ4v) is 5.35. The van der Waals surface area contributed by atoms with Crippen molar-refractivity contribution in [1.29, 1.82) is 0 Å². The highest BCUT2D eigenvalue weighted by Crippen LogP contribution is 2.37. The first kappa shape index (κ1) is 22.9. The summed E-state index contributed by atoms with van der Waals surface area (Å²) in [4.78, 5) is 16.7. The van der Waals surface area contributed by atoms with Gasteiger partial charge in [-0.2, -0.15) is 0 Å². The average molecular weight is 490 g/mol. The lowest BCUT2D eigenvalue weighted by molar-refractivity contribution is 0.103. The van der Waals surface area contributed by atoms with Crippen LogP contribution in [-0.2, 0) is 13.0 Å². The minimum absolute atomic E-state index is 0.0909. The van der Waals surface area contributed by atoms with Gasteiger partial charge in [-0.3, -0.25) is 9.69 Å². The molecule has 0 fully saturated rings. The van der Waals surface area contributed by atoms with Crippen LogP contribution < -0.4 is 16.2 Å². The fourth-order valence-electron chi connectivity index (χ4n) is 3.89. The standard InChI is InChI=1S/C24H25Cl2N3O2S/c25-19-8-3-15(13-20(19)26)23(30)22-18-9-11-29(14-21(18)32-24(22)28)10-1-2-12-31-17-6-4-16(27)5-7-17/h3-8,13H,1-2,9-12,14,27-28H2. The second kappa shape index (κ2) is 10.1. The predicted octanol–water partition coefficient (Wildman–Crippen LogP) is 5.67. The molecule has 8 heteroatoms. The molecule has 4 N–H and O–H groups in total. The molecule has 0 spiro atoms. The Morgan fingerprint density at radius 2 is 1.84 bits per heavy atom. The Bertz CT molecular complexity index is 1120. The topological polar surface area (TPSA) is 81.6 Å². The highest BCUT2D eigenvalue weighted by Gasteiger charge is 2.27. The molecule has 0 atom stereocenters. The highest BCUT2D eigenvalue weighted by atomic mass is 35.5. The van der Waals surface area contributed by atoms with Crippen molar-refractivity contribution in [3.05, 3.63) is 74.1 Å². The van der Waals surface area contributed by atoms with Crippen LogP contribution in [0.4, 0.5) is 10.7 Å². The Morgan fingerprint density at radius 3 is 2.59 bits per heavy atom. The summed E-state index contributed by atoms with van der Waals surface area (Å²) in [5, 5.41) is 1.37. The van der Waals surface area contributed by atoms with Crippen molar-refractivity contribution in [2.75, 3.05) is 31.2 Å². The maximum absolute atomic E-state index is 13.1. The van der Waals surface area contributed by atoms with Crippen molar-refractivity contribution in [3.63, 3.8) is 0 Å². The number of hydrogen-bond donors (Lipinski definition) is 2. The molecule has 168 valence electrons. The zero-order valence-electron chi connectivity index (χ0n) is 17.6. The quantitative estimate of drug-likeness (QED) is 0.242. The van der Waals surface area contributed by atoms with E-state index < -0.39 is 0 Å². The smallest absolute Gasteiger partial charge is 0.196 e. The molecule has 5 nitrogen and oxygen atoms in total. The van der Waals surface area contributed by atoms with E-state index in [-0.39, 0.29) is 5.78 Å². The van der Waals surface area contributed by atoms with Crippen LogP contribution in [0.1, 0.15) is 39.2 Å². The van der Waals surface area contributed by atoms with Gasteiger partial charge in [-0.05, 0) is 73.8 Å². The number of unbranched alkanes of at least 4 members (excludes halogenated alkanes) is 1. The predicted molar refractivity (Wildman–Crippen MR) is 133 cm³/mol. The van der Waals surface area contributed by atoms with Gasteiger partial charge >= 0.3 is 0 Å². The summed E-state index contributed by atoms with van der Waals surface area (Å²) in [7, 11) is 0. The van der Waals surface area contributed by atoms with Gasteiger partial charge in [0.15, 0.2) is 5.78 Å². The van der Waals surface area contributed by atoms with Gasteiger partial charge in [0, 0.05) is 29.2 Å². The fraction of sp³-hybridized carbons (Fsp3) is 0.292. The number of fused-ring (bicyclic) bond motifs is 1. The van der Waals surface area contributed by atoms with Crippen LogP contribution >= 0.6 is 34.5 Å². The number of nitrogens with two attached hydrogens (primary N) is 2. The van der Waals surface area contributed by atoms with Gasteiger partial charge in [0.1, 0.15) is 5.75 Å². The summed E-state index contributed by atoms with van der Waals surface area (Å²) in [6.45, 7) is 3.39. The molecule has 1 aromatic heterocycles. The summed E-state index contributed by atoms with van der Waals surface area (Å²) in [5.74, 6) is 0.752. The largest absolute Gasteiger partial charge is 0.494 e. The summed E-state index contributed by atoms with van der Waals surface area (Å²) in [6, 6.07) is 12.4. The zero-order valence-corrected chi connectivity index (χ0v) is 19.9. The first-order valence-corrected chi connectivity index (χ1v) is 12.1. The van der Waals surface area contributed by atoms with E-state index in [4.69, 9.17) is 39.4 Å². The normalized spacial score (nSPS) is 13.7. The summed E-state index contributed by atoms with van der Waals surface area (Å²) < 4.78 is 5.77. The van der Waals surface area contributed by atoms with Crippen LogP contribution in [0.5, 0.6) is 5.75 Å². The SMILES string of the molecule is Nc1ccc(OCCCCN2CCc3c(sc(N)c3C(=O)c3ccc(Cl)c(Cl)c3)C2)cc1. The number of benzene rings is 2. The number of nitrogen functional groups attached to an aromatic ring is 2. The first-order chi connectivity index (χ1) is 15.4. The van der Waals surface area contributed by atoms with Gasteiger partial charge in [0.25, 0.3) is 0 Å². The van der Waals surface area contributed by atoms with E-state index in [9.17, 15) is 4.79 Å². The van der Waals surface area contributed by atoms with E-state index in [1.54, 1.807) is 18.2 Å². The molecule has 2 heterocycles. The molecule has 2 aromatic carbocycles. The Hall–Kier alpha value is -2.25. The van der Waals surface area contributed by atoms with E-state index in [1.807, 2.05) is 24.3 Å². The van der Waals surface area contributed by atoms with Gasteiger partial charge in [0.2, 0.25) is 0 Å². The molecule has 32 heavy (non-hydrogen) atoms. The van der Waals surface area contributed by atoms with E-state index in [1.165, 1.54) is 16.2 Å². The molecular weight excluding hydrogens is 465 g/mol. The third kappa shape index (κ3) is 5.21. The highest BCUT2D eigenvalue weighted by molar-refractivity contribution is 7.16. The monoisotopic (exact) mass is 489 g/mol. The molecule has 3 aromatic rings. The lowest BCUT2D eigenvalue weighted by Crippen LogP contribution is -2.31. The lowest BCUT2D eigenvalue weighted by atomic mass is 9.96. The number of anilines is 2. The van der Waals surface area contributed by atoms with Crippen LogP contribution in [-0.4, -0.2) is 30.4 Å². The third-order valence-electron chi connectivity index (χ3n) is 5.59. The molecule has 1 aliphatic rings. The van der Waals surface area contributed by atoms with Crippen molar-refractivity contribution in [2.24, 2.45) is 0 Å². The van der Waals surface area contributed by atoms with E-state index in [0.29, 0.717) is 32.8 Å². The van der Waals surface area contributed by atoms with Crippen molar-refractivity contribution < 1.29 is 9.53 Å². The van der Waals surface area contributed by atoms with Gasteiger partial charge in [-0.15, -0.1) is 11.3 Å². The number of ether oxygens (including phenoxy) is 1. The Morgan fingerprint density at radius 1 is 1.06 bits per heavy atom. The average Bonchev–Trinajstić information content (AvgIpc) is 3.11. The number of carbonyl (C=O) groups excluding carboxylic acids is 1. The molecule has 0 amide bonds. The number of ketones is 1. The molecule has 0 bridgehead atoms. The van der Waals surface area contributed by atoms with Crippen molar-refractivity contribution in [1.82, 2.24) is 4.90 Å². The minimum atomic E-state index is -0.0909.